The second kappa shape index (κ2) is 5.40. The Morgan fingerprint density at radius 2 is 2.12 bits per heavy atom. The molecule has 98 valence electrons. The summed E-state index contributed by atoms with van der Waals surface area (Å²) in [6, 6.07) is 0. The lowest BCUT2D eigenvalue weighted by Crippen LogP contribution is -2.33. The maximum atomic E-state index is 9.97. The van der Waals surface area contributed by atoms with Gasteiger partial charge < -0.3 is 16.2 Å². The molecule has 1 rings (SSSR count). The minimum absolute atomic E-state index is 0.475. The smallest absolute Gasteiger partial charge is 0.148 e. The third kappa shape index (κ3) is 3.36. The molecular formula is C12H24N4O. The van der Waals surface area contributed by atoms with Crippen molar-refractivity contribution in [3.63, 3.8) is 0 Å². The van der Waals surface area contributed by atoms with Gasteiger partial charge >= 0.3 is 0 Å². The molecule has 0 amide bonds. The zero-order chi connectivity index (χ0) is 13.1. The van der Waals surface area contributed by atoms with E-state index >= 15 is 0 Å². The fraction of sp³-hybridized carbons (Fsp3) is 0.750. The van der Waals surface area contributed by atoms with Crippen molar-refractivity contribution in [3.8, 4) is 0 Å². The Kier molecular flexibility index (Phi) is 4.40. The van der Waals surface area contributed by atoms with Gasteiger partial charge in [0.15, 0.2) is 0 Å². The summed E-state index contributed by atoms with van der Waals surface area (Å²) in [5.74, 6) is 0.818. The van der Waals surface area contributed by atoms with Crippen LogP contribution in [0.1, 0.15) is 39.3 Å². The van der Waals surface area contributed by atoms with Crippen molar-refractivity contribution >= 4 is 11.5 Å². The van der Waals surface area contributed by atoms with Crippen molar-refractivity contribution in [1.82, 2.24) is 9.78 Å². The van der Waals surface area contributed by atoms with Crippen LogP contribution in [0.2, 0.25) is 0 Å². The molecular weight excluding hydrogens is 216 g/mol. The van der Waals surface area contributed by atoms with Crippen LogP contribution in [-0.2, 0) is 6.54 Å². The van der Waals surface area contributed by atoms with Crippen LogP contribution < -0.4 is 11.1 Å². The molecule has 0 aliphatic rings. The number of aliphatic hydroxyl groups is 1. The largest absolute Gasteiger partial charge is 0.394 e. The highest BCUT2D eigenvalue weighted by Gasteiger charge is 2.19. The third-order valence-electron chi connectivity index (χ3n) is 3.01. The van der Waals surface area contributed by atoms with Gasteiger partial charge in [-0.1, -0.05) is 13.8 Å². The van der Waals surface area contributed by atoms with E-state index in [9.17, 15) is 5.11 Å². The minimum atomic E-state index is -0.721. The molecule has 0 bridgehead atoms. The van der Waals surface area contributed by atoms with Gasteiger partial charge in [0, 0.05) is 13.1 Å². The molecule has 5 nitrogen and oxygen atoms in total. The second-order valence-electron chi connectivity index (χ2n) is 4.77. The first-order valence-electron chi connectivity index (χ1n) is 6.20. The summed E-state index contributed by atoms with van der Waals surface area (Å²) < 4.78 is 1.87. The summed E-state index contributed by atoms with van der Waals surface area (Å²) in [4.78, 5) is 0. The number of aromatic nitrogens is 2. The Morgan fingerprint density at radius 3 is 2.65 bits per heavy atom. The van der Waals surface area contributed by atoms with Gasteiger partial charge in [0.05, 0.1) is 17.0 Å². The summed E-state index contributed by atoms with van der Waals surface area (Å²) in [5.41, 5.74) is 6.76. The molecule has 1 aromatic heterocycles. The summed E-state index contributed by atoms with van der Waals surface area (Å²) in [6.45, 7) is 9.06. The maximum Gasteiger partial charge on any atom is 0.148 e. The van der Waals surface area contributed by atoms with Crippen LogP contribution >= 0.6 is 0 Å². The summed E-state index contributed by atoms with van der Waals surface area (Å²) >= 11 is 0. The molecule has 5 heteroatoms. The molecule has 0 aliphatic heterocycles. The lowest BCUT2D eigenvalue weighted by atomic mass is 10.0. The van der Waals surface area contributed by atoms with E-state index in [1.807, 2.05) is 25.5 Å². The number of nitrogens with one attached hydrogen (secondary N) is 1. The third-order valence-corrected chi connectivity index (χ3v) is 3.01. The van der Waals surface area contributed by atoms with E-state index in [1.165, 1.54) is 0 Å². The number of aryl methyl sites for hydroxylation is 2. The van der Waals surface area contributed by atoms with Crippen molar-refractivity contribution in [2.75, 3.05) is 17.6 Å². The predicted molar refractivity (Wildman–Crippen MR) is 71.1 cm³/mol. The molecule has 0 aliphatic carbocycles. The topological polar surface area (TPSA) is 76.1 Å². The highest BCUT2D eigenvalue weighted by atomic mass is 16.3. The molecule has 0 radical (unpaired) electrons. The van der Waals surface area contributed by atoms with Crippen LogP contribution in [0.5, 0.6) is 0 Å². The number of rotatable bonds is 6. The fourth-order valence-electron chi connectivity index (χ4n) is 1.55. The maximum absolute atomic E-state index is 9.97. The lowest BCUT2D eigenvalue weighted by molar-refractivity contribution is 0.0696. The summed E-state index contributed by atoms with van der Waals surface area (Å²) in [6.07, 6.45) is 1.69. The first-order chi connectivity index (χ1) is 7.91. The Morgan fingerprint density at radius 1 is 1.47 bits per heavy atom. The monoisotopic (exact) mass is 240 g/mol. The SMILES string of the molecule is CCCn1nc(C)c(N)c1NCC(C)(O)CC. The predicted octanol–water partition coefficient (Wildman–Crippen LogP) is 1.76. The molecule has 0 spiro atoms. The first-order valence-corrected chi connectivity index (χ1v) is 6.20. The van der Waals surface area contributed by atoms with E-state index in [1.54, 1.807) is 0 Å². The molecule has 0 aromatic carbocycles. The van der Waals surface area contributed by atoms with E-state index in [-0.39, 0.29) is 0 Å². The number of anilines is 2. The van der Waals surface area contributed by atoms with Crippen molar-refractivity contribution in [3.05, 3.63) is 5.69 Å². The zero-order valence-electron chi connectivity index (χ0n) is 11.2. The molecule has 4 N–H and O–H groups in total. The zero-order valence-corrected chi connectivity index (χ0v) is 11.2. The van der Waals surface area contributed by atoms with Crippen molar-refractivity contribution in [2.24, 2.45) is 0 Å². The van der Waals surface area contributed by atoms with Gasteiger partial charge in [-0.05, 0) is 26.7 Å². The Balaban J connectivity index is 2.82. The van der Waals surface area contributed by atoms with Crippen molar-refractivity contribution < 1.29 is 5.11 Å². The van der Waals surface area contributed by atoms with Crippen LogP contribution in [0, 0.1) is 6.92 Å². The minimum Gasteiger partial charge on any atom is -0.394 e. The second-order valence-corrected chi connectivity index (χ2v) is 4.77. The number of nitrogens with two attached hydrogens (primary N) is 1. The van der Waals surface area contributed by atoms with Gasteiger partial charge in [0.2, 0.25) is 0 Å². The molecule has 0 fully saturated rings. The van der Waals surface area contributed by atoms with E-state index in [2.05, 4.69) is 17.3 Å². The van der Waals surface area contributed by atoms with E-state index in [4.69, 9.17) is 5.73 Å². The number of hydrogen-bond donors (Lipinski definition) is 3. The molecule has 0 saturated heterocycles. The van der Waals surface area contributed by atoms with Gasteiger partial charge in [-0.15, -0.1) is 0 Å². The van der Waals surface area contributed by atoms with Gasteiger partial charge in [-0.25, -0.2) is 4.68 Å². The van der Waals surface area contributed by atoms with Crippen molar-refractivity contribution in [1.29, 1.82) is 0 Å². The number of hydrogen-bond acceptors (Lipinski definition) is 4. The first kappa shape index (κ1) is 13.8. The fourth-order valence-corrected chi connectivity index (χ4v) is 1.55. The van der Waals surface area contributed by atoms with Crippen LogP contribution in [0.25, 0.3) is 0 Å². The van der Waals surface area contributed by atoms with E-state index < -0.39 is 5.60 Å². The average molecular weight is 240 g/mol. The Hall–Kier alpha value is -1.23. The molecule has 1 heterocycles. The highest BCUT2D eigenvalue weighted by molar-refractivity contribution is 5.64. The molecule has 1 unspecified atom stereocenters. The van der Waals surface area contributed by atoms with E-state index in [0.29, 0.717) is 18.7 Å². The average Bonchev–Trinajstić information content (AvgIpc) is 2.53. The Bertz CT molecular complexity index is 371. The lowest BCUT2D eigenvalue weighted by Gasteiger charge is -2.22. The van der Waals surface area contributed by atoms with Gasteiger partial charge in [0.1, 0.15) is 5.82 Å². The van der Waals surface area contributed by atoms with E-state index in [0.717, 1.165) is 24.5 Å². The molecule has 1 atom stereocenters. The number of nitrogens with zero attached hydrogens (tertiary/aromatic N) is 2. The van der Waals surface area contributed by atoms with Gasteiger partial charge in [-0.2, -0.15) is 5.10 Å². The standard InChI is InChI=1S/C12H24N4O/c1-5-7-16-11(10(13)9(3)15-16)14-8-12(4,17)6-2/h14,17H,5-8,13H2,1-4H3. The summed E-state index contributed by atoms with van der Waals surface area (Å²) in [5, 5.41) is 17.5. The van der Waals surface area contributed by atoms with Gasteiger partial charge in [0.25, 0.3) is 0 Å². The van der Waals surface area contributed by atoms with Crippen LogP contribution in [-0.4, -0.2) is 27.0 Å². The molecule has 17 heavy (non-hydrogen) atoms. The summed E-state index contributed by atoms with van der Waals surface area (Å²) in [7, 11) is 0. The molecule has 0 saturated carbocycles. The van der Waals surface area contributed by atoms with Crippen LogP contribution in [0.4, 0.5) is 11.5 Å². The normalized spacial score (nSPS) is 14.6. The van der Waals surface area contributed by atoms with Gasteiger partial charge in [-0.3, -0.25) is 0 Å². The molecule has 1 aromatic rings. The van der Waals surface area contributed by atoms with Crippen molar-refractivity contribution in [2.45, 2.75) is 52.7 Å². The van der Waals surface area contributed by atoms with Crippen LogP contribution in [0.3, 0.4) is 0 Å². The number of nitrogen functional groups attached to an aromatic ring is 1. The quantitative estimate of drug-likeness (QED) is 0.708. The van der Waals surface area contributed by atoms with Crippen LogP contribution in [0.15, 0.2) is 0 Å². The highest BCUT2D eigenvalue weighted by Crippen LogP contribution is 2.23. The Labute approximate surface area is 103 Å².